The average Bonchev–Trinajstić information content (AvgIpc) is 3.30. The number of amides is 1. The van der Waals surface area contributed by atoms with Crippen LogP contribution in [0.15, 0.2) is 48.7 Å². The number of aryl methyl sites for hydroxylation is 1. The molecule has 4 rings (SSSR count). The number of morpholine rings is 1. The number of halogens is 1. The molecular formula is C19H19FN4O2. The summed E-state index contributed by atoms with van der Waals surface area (Å²) < 4.78 is 20.8. The molecule has 1 amide bonds. The lowest BCUT2D eigenvalue weighted by atomic mass is 10.1. The fourth-order valence-corrected chi connectivity index (χ4v) is 3.17. The van der Waals surface area contributed by atoms with Gasteiger partial charge in [0.05, 0.1) is 18.8 Å². The summed E-state index contributed by atoms with van der Waals surface area (Å²) in [5.74, 6) is -0.406. The number of aromatic amines is 1. The van der Waals surface area contributed by atoms with Gasteiger partial charge in [-0.1, -0.05) is 12.1 Å². The van der Waals surface area contributed by atoms with Crippen molar-refractivity contribution in [2.24, 2.45) is 7.05 Å². The number of nitrogens with one attached hydrogen (secondary N) is 1. The van der Waals surface area contributed by atoms with Gasteiger partial charge in [-0.25, -0.2) is 4.39 Å². The van der Waals surface area contributed by atoms with Crippen LogP contribution in [0.2, 0.25) is 0 Å². The Morgan fingerprint density at radius 3 is 2.85 bits per heavy atom. The smallest absolute Gasteiger partial charge is 0.272 e. The van der Waals surface area contributed by atoms with E-state index in [-0.39, 0.29) is 17.8 Å². The maximum absolute atomic E-state index is 13.1. The Kier molecular flexibility index (Phi) is 4.30. The molecule has 0 aliphatic carbocycles. The molecule has 3 heterocycles. The van der Waals surface area contributed by atoms with E-state index in [1.54, 1.807) is 23.1 Å². The highest BCUT2D eigenvalue weighted by atomic mass is 19.1. The number of nitrogens with zero attached hydrogens (tertiary/aromatic N) is 3. The zero-order chi connectivity index (χ0) is 18.1. The van der Waals surface area contributed by atoms with Crippen LogP contribution in [-0.4, -0.2) is 45.3 Å². The highest BCUT2D eigenvalue weighted by Crippen LogP contribution is 2.24. The first kappa shape index (κ1) is 16.5. The molecule has 1 aliphatic heterocycles. The van der Waals surface area contributed by atoms with E-state index in [0.29, 0.717) is 25.4 Å². The van der Waals surface area contributed by atoms with E-state index in [1.165, 1.54) is 12.1 Å². The van der Waals surface area contributed by atoms with Crippen molar-refractivity contribution in [3.63, 3.8) is 0 Å². The van der Waals surface area contributed by atoms with Gasteiger partial charge in [-0.2, -0.15) is 5.10 Å². The molecule has 1 atom stereocenters. The number of hydrogen-bond donors (Lipinski definition) is 1. The minimum atomic E-state index is -0.289. The van der Waals surface area contributed by atoms with Gasteiger partial charge in [0, 0.05) is 19.8 Å². The van der Waals surface area contributed by atoms with Crippen LogP contribution in [0.4, 0.5) is 4.39 Å². The zero-order valence-corrected chi connectivity index (χ0v) is 14.4. The zero-order valence-electron chi connectivity index (χ0n) is 14.4. The summed E-state index contributed by atoms with van der Waals surface area (Å²) in [6.07, 6.45) is 1.67. The molecule has 0 radical (unpaired) electrons. The molecule has 0 unspecified atom stereocenters. The number of hydrogen-bond acceptors (Lipinski definition) is 3. The van der Waals surface area contributed by atoms with Crippen LogP contribution in [0.5, 0.6) is 0 Å². The number of carbonyl (C=O) groups is 1. The second-order valence-electron chi connectivity index (χ2n) is 6.33. The van der Waals surface area contributed by atoms with Crippen LogP contribution in [-0.2, 0) is 11.8 Å². The molecule has 3 aromatic rings. The molecule has 2 aromatic heterocycles. The van der Waals surface area contributed by atoms with E-state index in [2.05, 4.69) is 10.2 Å². The van der Waals surface area contributed by atoms with Crippen molar-refractivity contribution in [2.45, 2.75) is 6.10 Å². The predicted octanol–water partition coefficient (Wildman–Crippen LogP) is 2.77. The maximum Gasteiger partial charge on any atom is 0.272 e. The molecule has 1 N–H and O–H groups in total. The monoisotopic (exact) mass is 354 g/mol. The third kappa shape index (κ3) is 3.13. The van der Waals surface area contributed by atoms with Gasteiger partial charge in [-0.3, -0.25) is 9.89 Å². The molecule has 134 valence electrons. The summed E-state index contributed by atoms with van der Waals surface area (Å²) in [5, 5.41) is 7.09. The van der Waals surface area contributed by atoms with Gasteiger partial charge < -0.3 is 14.2 Å². The Balaban J connectivity index is 1.50. The standard InChI is InChI=1S/C19H19FN4O2/c1-23-8-2-3-17(23)15-11-16(22-21-15)19(25)24-9-10-26-18(12-24)13-4-6-14(20)7-5-13/h2-8,11,18H,9-10,12H2,1H3,(H,21,22)/t18-/m1/s1. The number of H-pyrrole nitrogens is 1. The van der Waals surface area contributed by atoms with Gasteiger partial charge in [0.25, 0.3) is 5.91 Å². The fourth-order valence-electron chi connectivity index (χ4n) is 3.17. The van der Waals surface area contributed by atoms with Crippen molar-refractivity contribution in [3.05, 3.63) is 65.7 Å². The Morgan fingerprint density at radius 1 is 1.31 bits per heavy atom. The highest BCUT2D eigenvalue weighted by molar-refractivity contribution is 5.93. The first-order chi connectivity index (χ1) is 12.6. The van der Waals surface area contributed by atoms with Crippen LogP contribution in [0.25, 0.3) is 11.4 Å². The first-order valence-corrected chi connectivity index (χ1v) is 8.45. The van der Waals surface area contributed by atoms with Gasteiger partial charge in [-0.05, 0) is 35.9 Å². The van der Waals surface area contributed by atoms with E-state index >= 15 is 0 Å². The number of aromatic nitrogens is 3. The third-order valence-electron chi connectivity index (χ3n) is 4.61. The summed E-state index contributed by atoms with van der Waals surface area (Å²) in [6.45, 7) is 1.37. The topological polar surface area (TPSA) is 63.1 Å². The lowest BCUT2D eigenvalue weighted by molar-refractivity contribution is -0.0230. The number of carbonyl (C=O) groups excluding carboxylic acids is 1. The van der Waals surface area contributed by atoms with Crippen LogP contribution in [0, 0.1) is 5.82 Å². The number of ether oxygens (including phenoxy) is 1. The lowest BCUT2D eigenvalue weighted by Gasteiger charge is -2.32. The van der Waals surface area contributed by atoms with Crippen LogP contribution >= 0.6 is 0 Å². The van der Waals surface area contributed by atoms with Crippen LogP contribution in [0.1, 0.15) is 22.2 Å². The minimum absolute atomic E-state index is 0.117. The van der Waals surface area contributed by atoms with E-state index < -0.39 is 0 Å². The van der Waals surface area contributed by atoms with Crippen molar-refractivity contribution in [1.29, 1.82) is 0 Å². The van der Waals surface area contributed by atoms with E-state index in [0.717, 1.165) is 17.0 Å². The average molecular weight is 354 g/mol. The predicted molar refractivity (Wildman–Crippen MR) is 94.0 cm³/mol. The molecule has 0 saturated carbocycles. The molecular weight excluding hydrogens is 335 g/mol. The fraction of sp³-hybridized carbons (Fsp3) is 0.263. The molecule has 6 nitrogen and oxygen atoms in total. The van der Waals surface area contributed by atoms with Crippen molar-refractivity contribution in [3.8, 4) is 11.4 Å². The largest absolute Gasteiger partial charge is 0.370 e. The first-order valence-electron chi connectivity index (χ1n) is 8.45. The van der Waals surface area contributed by atoms with Crippen LogP contribution in [0.3, 0.4) is 0 Å². The summed E-state index contributed by atoms with van der Waals surface area (Å²) in [6, 6.07) is 11.8. The molecule has 26 heavy (non-hydrogen) atoms. The Morgan fingerprint density at radius 2 is 2.12 bits per heavy atom. The van der Waals surface area contributed by atoms with Crippen molar-refractivity contribution in [2.75, 3.05) is 19.7 Å². The van der Waals surface area contributed by atoms with Gasteiger partial charge in [0.15, 0.2) is 0 Å². The van der Waals surface area contributed by atoms with Gasteiger partial charge in [0.1, 0.15) is 23.3 Å². The second kappa shape index (κ2) is 6.76. The van der Waals surface area contributed by atoms with E-state index in [1.807, 2.05) is 29.9 Å². The molecule has 0 spiro atoms. The van der Waals surface area contributed by atoms with Crippen LogP contribution < -0.4 is 0 Å². The summed E-state index contributed by atoms with van der Waals surface area (Å²) in [4.78, 5) is 14.6. The summed E-state index contributed by atoms with van der Waals surface area (Å²) in [5.41, 5.74) is 2.97. The number of benzene rings is 1. The number of rotatable bonds is 3. The highest BCUT2D eigenvalue weighted by Gasteiger charge is 2.27. The Hall–Kier alpha value is -2.93. The minimum Gasteiger partial charge on any atom is -0.370 e. The molecule has 1 aromatic carbocycles. The maximum atomic E-state index is 13.1. The lowest BCUT2D eigenvalue weighted by Crippen LogP contribution is -2.42. The normalized spacial score (nSPS) is 17.5. The SMILES string of the molecule is Cn1cccc1-c1cc(C(=O)N2CCO[C@@H](c3ccc(F)cc3)C2)[nH]n1. The Bertz CT molecular complexity index is 916. The van der Waals surface area contributed by atoms with Gasteiger partial charge in [-0.15, -0.1) is 0 Å². The summed E-state index contributed by atoms with van der Waals surface area (Å²) in [7, 11) is 1.93. The molecule has 1 aliphatic rings. The van der Waals surface area contributed by atoms with Gasteiger partial charge in [0.2, 0.25) is 0 Å². The Labute approximate surface area is 150 Å². The van der Waals surface area contributed by atoms with E-state index in [9.17, 15) is 9.18 Å². The second-order valence-corrected chi connectivity index (χ2v) is 6.33. The third-order valence-corrected chi connectivity index (χ3v) is 4.61. The molecule has 1 fully saturated rings. The van der Waals surface area contributed by atoms with Gasteiger partial charge >= 0.3 is 0 Å². The van der Waals surface area contributed by atoms with Crippen molar-refractivity contribution >= 4 is 5.91 Å². The molecule has 1 saturated heterocycles. The molecule has 0 bridgehead atoms. The molecule has 7 heteroatoms. The summed E-state index contributed by atoms with van der Waals surface area (Å²) >= 11 is 0. The van der Waals surface area contributed by atoms with Crippen molar-refractivity contribution < 1.29 is 13.9 Å². The quantitative estimate of drug-likeness (QED) is 0.787. The van der Waals surface area contributed by atoms with E-state index in [4.69, 9.17) is 4.74 Å². The van der Waals surface area contributed by atoms with Crippen molar-refractivity contribution in [1.82, 2.24) is 19.7 Å².